The Hall–Kier alpha value is -0.880. The molecule has 18 heavy (non-hydrogen) atoms. The Morgan fingerprint density at radius 3 is 2.78 bits per heavy atom. The molecule has 5 heteroatoms. The third-order valence-electron chi connectivity index (χ3n) is 2.60. The highest BCUT2D eigenvalue weighted by atomic mass is 16.5. The lowest BCUT2D eigenvalue weighted by atomic mass is 10.2. The van der Waals surface area contributed by atoms with Crippen molar-refractivity contribution in [2.45, 2.75) is 32.1 Å². The molecular weight excluding hydrogens is 234 g/mol. The van der Waals surface area contributed by atoms with Gasteiger partial charge in [-0.25, -0.2) is 0 Å². The van der Waals surface area contributed by atoms with Crippen LogP contribution in [0.1, 0.15) is 25.6 Å². The molecule has 0 saturated carbocycles. The van der Waals surface area contributed by atoms with Crippen LogP contribution in [0.25, 0.3) is 0 Å². The first-order valence-electron chi connectivity index (χ1n) is 6.19. The highest BCUT2D eigenvalue weighted by molar-refractivity contribution is 5.02. The van der Waals surface area contributed by atoms with E-state index in [9.17, 15) is 5.11 Å². The van der Waals surface area contributed by atoms with E-state index in [1.54, 1.807) is 13.4 Å². The van der Waals surface area contributed by atoms with E-state index >= 15 is 0 Å². The van der Waals surface area contributed by atoms with Crippen LogP contribution in [0.15, 0.2) is 22.8 Å². The summed E-state index contributed by atoms with van der Waals surface area (Å²) < 4.78 is 15.6. The van der Waals surface area contributed by atoms with Gasteiger partial charge in [-0.3, -0.25) is 0 Å². The molecule has 1 heterocycles. The molecule has 0 radical (unpaired) electrons. The molecule has 2 N–H and O–H groups in total. The molecule has 0 spiro atoms. The van der Waals surface area contributed by atoms with E-state index in [1.807, 2.05) is 26.0 Å². The maximum Gasteiger partial charge on any atom is 0.120 e. The molecule has 0 aliphatic heterocycles. The number of aliphatic hydroxyl groups excluding tert-OH is 1. The van der Waals surface area contributed by atoms with E-state index in [-0.39, 0.29) is 12.1 Å². The molecule has 0 aliphatic carbocycles. The third kappa shape index (κ3) is 5.64. The maximum absolute atomic E-state index is 9.75. The summed E-state index contributed by atoms with van der Waals surface area (Å²) >= 11 is 0. The van der Waals surface area contributed by atoms with Crippen molar-refractivity contribution in [3.05, 3.63) is 24.2 Å². The standard InChI is InChI=1S/C13H23NO4/c1-10(8-16-3)18-9-12(15)7-14-11(2)13-5-4-6-17-13/h4-6,10-12,14-15H,7-9H2,1-3H3/t10?,11-,12?/m0/s1. The van der Waals surface area contributed by atoms with E-state index in [4.69, 9.17) is 13.9 Å². The second-order valence-electron chi connectivity index (χ2n) is 4.40. The van der Waals surface area contributed by atoms with Crippen LogP contribution in [-0.2, 0) is 9.47 Å². The van der Waals surface area contributed by atoms with Gasteiger partial charge < -0.3 is 24.3 Å². The van der Waals surface area contributed by atoms with Gasteiger partial charge in [-0.15, -0.1) is 0 Å². The summed E-state index contributed by atoms with van der Waals surface area (Å²) in [6.45, 7) is 5.18. The average molecular weight is 257 g/mol. The second kappa shape index (κ2) is 8.26. The van der Waals surface area contributed by atoms with Crippen LogP contribution in [0.4, 0.5) is 0 Å². The predicted octanol–water partition coefficient (Wildman–Crippen LogP) is 1.34. The van der Waals surface area contributed by atoms with Gasteiger partial charge in [0.2, 0.25) is 0 Å². The van der Waals surface area contributed by atoms with Gasteiger partial charge in [0.15, 0.2) is 0 Å². The summed E-state index contributed by atoms with van der Waals surface area (Å²) in [5.41, 5.74) is 0. The Kier molecular flexibility index (Phi) is 6.97. The number of methoxy groups -OCH3 is 1. The molecule has 104 valence electrons. The summed E-state index contributed by atoms with van der Waals surface area (Å²) in [5, 5.41) is 12.9. The van der Waals surface area contributed by atoms with Gasteiger partial charge in [-0.05, 0) is 26.0 Å². The summed E-state index contributed by atoms with van der Waals surface area (Å²) in [4.78, 5) is 0. The monoisotopic (exact) mass is 257 g/mol. The van der Waals surface area contributed by atoms with Crippen molar-refractivity contribution >= 4 is 0 Å². The number of hydrogen-bond acceptors (Lipinski definition) is 5. The zero-order chi connectivity index (χ0) is 13.4. The molecule has 0 bridgehead atoms. The first kappa shape index (κ1) is 15.2. The minimum Gasteiger partial charge on any atom is -0.468 e. The maximum atomic E-state index is 9.75. The molecule has 0 aromatic carbocycles. The molecule has 0 saturated heterocycles. The van der Waals surface area contributed by atoms with Crippen molar-refractivity contribution in [2.75, 3.05) is 26.9 Å². The predicted molar refractivity (Wildman–Crippen MR) is 68.4 cm³/mol. The van der Waals surface area contributed by atoms with E-state index in [1.165, 1.54) is 0 Å². The van der Waals surface area contributed by atoms with E-state index in [0.29, 0.717) is 19.8 Å². The quantitative estimate of drug-likeness (QED) is 0.699. The number of hydrogen-bond donors (Lipinski definition) is 2. The number of nitrogens with one attached hydrogen (secondary N) is 1. The van der Waals surface area contributed by atoms with Gasteiger partial charge in [0.25, 0.3) is 0 Å². The van der Waals surface area contributed by atoms with Crippen LogP contribution in [0.5, 0.6) is 0 Å². The van der Waals surface area contributed by atoms with Crippen LogP contribution in [0.3, 0.4) is 0 Å². The van der Waals surface area contributed by atoms with Gasteiger partial charge in [0, 0.05) is 13.7 Å². The summed E-state index contributed by atoms with van der Waals surface area (Å²) in [5.74, 6) is 0.857. The fourth-order valence-corrected chi connectivity index (χ4v) is 1.57. The highest BCUT2D eigenvalue weighted by Gasteiger charge is 2.12. The minimum absolute atomic E-state index is 0.00727. The molecule has 0 aliphatic rings. The molecular formula is C13H23NO4. The Labute approximate surface area is 108 Å². The van der Waals surface area contributed by atoms with Gasteiger partial charge >= 0.3 is 0 Å². The number of aliphatic hydroxyl groups is 1. The zero-order valence-electron chi connectivity index (χ0n) is 11.3. The zero-order valence-corrected chi connectivity index (χ0v) is 11.3. The van der Waals surface area contributed by atoms with Crippen molar-refractivity contribution in [1.82, 2.24) is 5.32 Å². The molecule has 0 amide bonds. The first-order valence-corrected chi connectivity index (χ1v) is 6.19. The topological polar surface area (TPSA) is 63.9 Å². The van der Waals surface area contributed by atoms with Crippen LogP contribution in [0, 0.1) is 0 Å². The van der Waals surface area contributed by atoms with Gasteiger partial charge in [-0.2, -0.15) is 0 Å². The summed E-state index contributed by atoms with van der Waals surface area (Å²) in [6.07, 6.45) is 1.09. The smallest absolute Gasteiger partial charge is 0.120 e. The lowest BCUT2D eigenvalue weighted by Gasteiger charge is -2.18. The van der Waals surface area contributed by atoms with Crippen molar-refractivity contribution in [1.29, 1.82) is 0 Å². The Morgan fingerprint density at radius 1 is 1.39 bits per heavy atom. The highest BCUT2D eigenvalue weighted by Crippen LogP contribution is 2.11. The van der Waals surface area contributed by atoms with Crippen molar-refractivity contribution in [2.24, 2.45) is 0 Å². The van der Waals surface area contributed by atoms with Gasteiger partial charge in [0.05, 0.1) is 37.7 Å². The fourth-order valence-electron chi connectivity index (χ4n) is 1.57. The second-order valence-corrected chi connectivity index (χ2v) is 4.40. The number of furan rings is 1. The Morgan fingerprint density at radius 2 is 2.17 bits per heavy atom. The minimum atomic E-state index is -0.540. The lowest BCUT2D eigenvalue weighted by molar-refractivity contribution is -0.0316. The van der Waals surface area contributed by atoms with Gasteiger partial charge in [0.1, 0.15) is 5.76 Å². The van der Waals surface area contributed by atoms with E-state index < -0.39 is 6.10 Å². The largest absolute Gasteiger partial charge is 0.468 e. The van der Waals surface area contributed by atoms with Crippen LogP contribution in [-0.4, -0.2) is 44.2 Å². The molecule has 1 aromatic rings. The Bertz CT molecular complexity index is 302. The number of rotatable bonds is 9. The number of ether oxygens (including phenoxy) is 2. The van der Waals surface area contributed by atoms with Crippen molar-refractivity contribution < 1.29 is 19.0 Å². The lowest BCUT2D eigenvalue weighted by Crippen LogP contribution is -2.33. The van der Waals surface area contributed by atoms with Crippen molar-refractivity contribution in [3.63, 3.8) is 0 Å². The molecule has 5 nitrogen and oxygen atoms in total. The SMILES string of the molecule is COCC(C)OCC(O)CN[C@@H](C)c1ccco1. The molecule has 2 unspecified atom stereocenters. The summed E-state index contributed by atoms with van der Waals surface area (Å²) in [7, 11) is 1.63. The molecule has 3 atom stereocenters. The Balaban J connectivity index is 2.15. The molecule has 1 rings (SSSR count). The van der Waals surface area contributed by atoms with Crippen LogP contribution in [0.2, 0.25) is 0 Å². The summed E-state index contributed by atoms with van der Waals surface area (Å²) in [6, 6.07) is 3.83. The van der Waals surface area contributed by atoms with Crippen molar-refractivity contribution in [3.8, 4) is 0 Å². The van der Waals surface area contributed by atoms with E-state index in [0.717, 1.165) is 5.76 Å². The normalized spacial score (nSPS) is 16.4. The van der Waals surface area contributed by atoms with Crippen LogP contribution >= 0.6 is 0 Å². The molecule has 1 aromatic heterocycles. The molecule has 0 fully saturated rings. The van der Waals surface area contributed by atoms with E-state index in [2.05, 4.69) is 5.32 Å². The van der Waals surface area contributed by atoms with Crippen LogP contribution < -0.4 is 5.32 Å². The first-order chi connectivity index (χ1) is 8.63. The third-order valence-corrected chi connectivity index (χ3v) is 2.60. The average Bonchev–Trinajstić information content (AvgIpc) is 2.87. The van der Waals surface area contributed by atoms with Gasteiger partial charge in [-0.1, -0.05) is 0 Å². The fraction of sp³-hybridized carbons (Fsp3) is 0.692.